The van der Waals surface area contributed by atoms with E-state index < -0.39 is 34.0 Å². The van der Waals surface area contributed by atoms with Gasteiger partial charge in [-0.1, -0.05) is 332 Å². The molecule has 630 valence electrons. The van der Waals surface area contributed by atoms with Crippen molar-refractivity contribution in [2.45, 2.75) is 435 Å². The van der Waals surface area contributed by atoms with Crippen LogP contribution in [-0.4, -0.2) is 102 Å². The topological polar surface area (TPSA) is 173 Å². The predicted octanol–water partition coefficient (Wildman–Crippen LogP) is 27.1. The molecule has 0 heterocycles. The lowest BCUT2D eigenvalue weighted by Crippen LogP contribution is -2.45. The Morgan fingerprint density at radius 2 is 0.657 bits per heavy atom. The number of carbonyl (C=O) groups is 1. The Balaban J connectivity index is -0.000000119. The van der Waals surface area contributed by atoms with Crippen molar-refractivity contribution in [1.82, 2.24) is 0 Å². The molecule has 0 saturated carbocycles. The van der Waals surface area contributed by atoms with Crippen LogP contribution in [0.4, 0.5) is 13.2 Å². The maximum Gasteiger partial charge on any atom is 0.396 e. The molecule has 0 saturated heterocycles. The average Bonchev–Trinajstić information content (AvgIpc) is 0.793. The quantitative estimate of drug-likeness (QED) is 0.0325. The molecular weight excluding hydrogens is 1300 g/mol. The number of alkyl halides is 3. The van der Waals surface area contributed by atoms with E-state index in [1.54, 1.807) is 6.92 Å². The number of ketones is 1. The van der Waals surface area contributed by atoms with Crippen LogP contribution < -0.4 is 0 Å². The van der Waals surface area contributed by atoms with E-state index in [0.29, 0.717) is 97.6 Å². The lowest BCUT2D eigenvalue weighted by Gasteiger charge is -2.37. The van der Waals surface area contributed by atoms with Gasteiger partial charge in [0, 0.05) is 39.1 Å². The zero-order valence-corrected chi connectivity index (χ0v) is 74.5. The van der Waals surface area contributed by atoms with Gasteiger partial charge in [0.15, 0.2) is 0 Å². The second-order valence-electron chi connectivity index (χ2n) is 35.3. The fourth-order valence-corrected chi connectivity index (χ4v) is 12.8. The van der Waals surface area contributed by atoms with Gasteiger partial charge in [-0.05, 0) is 170 Å². The maximum absolute atomic E-state index is 12.8. The van der Waals surface area contributed by atoms with Gasteiger partial charge in [0.25, 0.3) is 0 Å². The van der Waals surface area contributed by atoms with Crippen LogP contribution in [-0.2, 0) is 14.6 Å². The minimum Gasteiger partial charge on any atom is -0.396 e. The van der Waals surface area contributed by atoms with E-state index in [2.05, 4.69) is 194 Å². The van der Waals surface area contributed by atoms with Crippen LogP contribution in [0.1, 0.15) is 423 Å². The van der Waals surface area contributed by atoms with Crippen molar-refractivity contribution >= 4 is 15.6 Å². The van der Waals surface area contributed by atoms with Crippen molar-refractivity contribution in [1.29, 1.82) is 0 Å². The summed E-state index contributed by atoms with van der Waals surface area (Å²) in [5.41, 5.74) is -0.629. The third-order valence-electron chi connectivity index (χ3n) is 25.2. The van der Waals surface area contributed by atoms with E-state index in [1.165, 1.54) is 116 Å². The third-order valence-corrected chi connectivity index (χ3v) is 26.1. The van der Waals surface area contributed by atoms with Gasteiger partial charge >= 0.3 is 6.18 Å². The maximum atomic E-state index is 12.8. The summed E-state index contributed by atoms with van der Waals surface area (Å²) in [6.45, 7) is 70.7. The molecule has 0 amide bonds. The monoisotopic (exact) mass is 1500 g/mol. The SMILES string of the molecule is C.C.CCCC(C)(CO)C(C)C.CCCCC(C)(C(C)C)C(C)O.CCCCC(C)(CCC(C)=O)C(C)C.CCCCC(C)(CCS(C)(=O)=O)C(C)C.CCCCC(C)(CO)C(C)C.CCCCC(CC)(CO)C(C)C.CCCCC(CO)(C(C)C)C(F)(F)F.CCCCCC(C)(CO)C(C)C. The van der Waals surface area contributed by atoms with Crippen molar-refractivity contribution < 1.29 is 57.0 Å². The number of aliphatic hydroxyl groups is 6. The Kier molecular flexibility index (Phi) is 77.8. The molecule has 13 heteroatoms. The van der Waals surface area contributed by atoms with Crippen molar-refractivity contribution in [3.8, 4) is 0 Å². The Bertz CT molecular complexity index is 1910. The average molecular weight is 1500 g/mol. The van der Waals surface area contributed by atoms with Crippen molar-refractivity contribution in [2.24, 2.45) is 90.7 Å². The second-order valence-corrected chi connectivity index (χ2v) is 37.5. The van der Waals surface area contributed by atoms with Gasteiger partial charge in [-0.2, -0.15) is 13.2 Å². The highest BCUT2D eigenvalue weighted by Gasteiger charge is 2.55. The van der Waals surface area contributed by atoms with E-state index in [9.17, 15) is 46.8 Å². The number of Topliss-reactive ketones (excluding diaryl/α,β-unsaturated/α-hetero) is 1. The van der Waals surface area contributed by atoms with Crippen LogP contribution in [0.3, 0.4) is 0 Å². The van der Waals surface area contributed by atoms with Crippen molar-refractivity contribution in [3.05, 3.63) is 0 Å². The van der Waals surface area contributed by atoms with Crippen molar-refractivity contribution in [2.75, 3.05) is 45.0 Å². The fourth-order valence-electron chi connectivity index (χ4n) is 11.9. The summed E-state index contributed by atoms with van der Waals surface area (Å²) in [6.07, 6.45) is 27.1. The number of aliphatic hydroxyl groups excluding tert-OH is 6. The minimum atomic E-state index is -4.31. The van der Waals surface area contributed by atoms with E-state index >= 15 is 0 Å². The molecule has 0 bridgehead atoms. The number of carbonyl (C=O) groups excluding carboxylic acids is 1. The molecule has 9 nitrogen and oxygen atoms in total. The lowest BCUT2D eigenvalue weighted by atomic mass is 9.71. The lowest BCUT2D eigenvalue weighted by molar-refractivity contribution is -0.254. The number of sulfone groups is 1. The normalized spacial score (nSPS) is 16.6. The minimum absolute atomic E-state index is 0. The zero-order valence-electron chi connectivity index (χ0n) is 73.7. The number of hydrogen-bond acceptors (Lipinski definition) is 9. The fraction of sp³-hybridized carbons (Fsp3) is 0.989. The van der Waals surface area contributed by atoms with Crippen LogP contribution in [0.5, 0.6) is 0 Å². The smallest absolute Gasteiger partial charge is 0.396 e. The Hall–Kier alpha value is -0.830. The summed E-state index contributed by atoms with van der Waals surface area (Å²) < 4.78 is 60.7. The molecule has 9 unspecified atom stereocenters. The second kappa shape index (κ2) is 64.9. The summed E-state index contributed by atoms with van der Waals surface area (Å²) in [5, 5.41) is 55.6. The van der Waals surface area contributed by atoms with Gasteiger partial charge in [0.2, 0.25) is 0 Å². The molecule has 9 atom stereocenters. The van der Waals surface area contributed by atoms with Crippen LogP contribution in [0, 0.1) is 90.7 Å². The molecule has 0 aromatic rings. The van der Waals surface area contributed by atoms with Gasteiger partial charge in [0.05, 0.1) is 23.9 Å². The summed E-state index contributed by atoms with van der Waals surface area (Å²) in [5.74, 6) is 4.19. The molecule has 0 aliphatic carbocycles. The number of hydrogen-bond donors (Lipinski definition) is 6. The Morgan fingerprint density at radius 1 is 0.353 bits per heavy atom. The molecule has 0 spiro atoms. The third kappa shape index (κ3) is 53.9. The van der Waals surface area contributed by atoms with Gasteiger partial charge in [0.1, 0.15) is 15.6 Å². The summed E-state index contributed by atoms with van der Waals surface area (Å²) in [6, 6.07) is 0. The first-order valence-corrected chi connectivity index (χ1v) is 43.2. The first-order valence-electron chi connectivity index (χ1n) is 41.2. The summed E-state index contributed by atoms with van der Waals surface area (Å²) >= 11 is 0. The molecule has 0 aromatic heterocycles. The molecule has 0 fully saturated rings. The van der Waals surface area contributed by atoms with Gasteiger partial charge in [-0.3, -0.25) is 0 Å². The van der Waals surface area contributed by atoms with Crippen LogP contribution >= 0.6 is 0 Å². The van der Waals surface area contributed by atoms with Gasteiger partial charge < -0.3 is 35.4 Å². The number of unbranched alkanes of at least 4 members (excludes halogenated alkanes) is 8. The molecule has 102 heavy (non-hydrogen) atoms. The Morgan fingerprint density at radius 3 is 0.882 bits per heavy atom. The van der Waals surface area contributed by atoms with E-state index in [-0.39, 0.29) is 59.9 Å². The molecular formula is C89H193F3O9S. The van der Waals surface area contributed by atoms with E-state index in [0.717, 1.165) is 64.2 Å². The highest BCUT2D eigenvalue weighted by atomic mass is 32.2. The van der Waals surface area contributed by atoms with Crippen molar-refractivity contribution in [3.63, 3.8) is 0 Å². The molecule has 0 rings (SSSR count). The largest absolute Gasteiger partial charge is 0.396 e. The predicted molar refractivity (Wildman–Crippen MR) is 450 cm³/mol. The Labute approximate surface area is 640 Å². The highest BCUT2D eigenvalue weighted by molar-refractivity contribution is 7.90. The zero-order chi connectivity index (χ0) is 80.8. The van der Waals surface area contributed by atoms with Gasteiger partial charge in [-0.15, -0.1) is 0 Å². The molecule has 6 N–H and O–H groups in total. The number of halogens is 3. The van der Waals surface area contributed by atoms with E-state index in [1.807, 2.05) is 13.8 Å². The van der Waals surface area contributed by atoms with Gasteiger partial charge in [-0.25, -0.2) is 8.42 Å². The molecule has 0 radical (unpaired) electrons. The summed E-state index contributed by atoms with van der Waals surface area (Å²) in [4.78, 5) is 11.0. The number of rotatable bonds is 45. The van der Waals surface area contributed by atoms with Crippen LogP contribution in [0.25, 0.3) is 0 Å². The van der Waals surface area contributed by atoms with Crippen LogP contribution in [0.15, 0.2) is 0 Å². The van der Waals surface area contributed by atoms with E-state index in [4.69, 9.17) is 10.2 Å². The molecule has 0 aromatic carbocycles. The standard InChI is InChI=1S/C13H26O.C12H26O2S.3C11H24O.C10H19F3O.C10H22O.C9H20O.2CH4/c1-6-7-9-13(5,11(2)3)10-8-12(4)14;1-6-7-8-12(4,11(2)3)9-10-15(5,13)14;1-6-7-8-11(5,9(2)3)10(4)12;1-5-6-7-8-11(4,9-12)10(2)3;1-5-7-8-11(6-2,9-12)10(3)4;1-4-5-6-9(7-14,8(2)3)10(11,12)13;1-5-6-7-10(4,8-11)9(2)3;1-5-6-9(4,7-10)8(2)3;;/h11H,6-10H2,1-5H3;11H,6-10H2,1-5H3;9-10,12H,6-8H2,1-5H3;2*10,12H,5-9H2,1-4H3;8,14H,4-7H2,1-3H3;9,11H,5-8H2,1-4H3;8,10H,5-7H2,1-4H3;2*1H4. The first kappa shape index (κ1) is 122. The summed E-state index contributed by atoms with van der Waals surface area (Å²) in [7, 11) is -2.82. The molecule has 0 aliphatic heterocycles. The highest BCUT2D eigenvalue weighted by Crippen LogP contribution is 2.48. The van der Waals surface area contributed by atoms with Crippen LogP contribution in [0.2, 0.25) is 0 Å². The first-order chi connectivity index (χ1) is 45.7. The molecule has 0 aliphatic rings.